The largest absolute Gasteiger partial charge is 0.377 e. The molecule has 188 valence electrons. The number of morpholine rings is 1. The van der Waals surface area contributed by atoms with E-state index in [1.165, 1.54) is 0 Å². The highest BCUT2D eigenvalue weighted by atomic mass is 16.5. The van der Waals surface area contributed by atoms with Gasteiger partial charge in [-0.1, -0.05) is 13.8 Å². The molecule has 0 radical (unpaired) electrons. The molecule has 0 bridgehead atoms. The number of benzene rings is 1. The standard InChI is InChI=1S/C27H32N6O3/c1-16(2)23-15-36-13-12-32(23)27(35)20-7-6-19(14-17(20)3)30-25-24-22(9-11-29-26(24)34)33(31-25)21(8-10-28)18-4-5-18/h6-7,9,11,14,16,18,21,23H,4-5,8,12-13,15H2,1-3H3,(H,29,34)(H,30,31)/t21-,23-/m0/s1. The predicted molar refractivity (Wildman–Crippen MR) is 137 cm³/mol. The predicted octanol–water partition coefficient (Wildman–Crippen LogP) is 4.14. The van der Waals surface area contributed by atoms with E-state index >= 15 is 0 Å². The molecule has 0 spiro atoms. The Balaban J connectivity index is 1.45. The first kappa shape index (κ1) is 24.1. The van der Waals surface area contributed by atoms with E-state index in [9.17, 15) is 14.9 Å². The maximum Gasteiger partial charge on any atom is 0.261 e. The van der Waals surface area contributed by atoms with Gasteiger partial charge in [-0.15, -0.1) is 0 Å². The second-order valence-corrected chi connectivity index (χ2v) is 10.2. The minimum atomic E-state index is -0.233. The lowest BCUT2D eigenvalue weighted by molar-refractivity contribution is -0.0155. The number of rotatable bonds is 7. The van der Waals surface area contributed by atoms with Gasteiger partial charge in [0.1, 0.15) is 5.39 Å². The second kappa shape index (κ2) is 9.78. The molecule has 2 aliphatic rings. The summed E-state index contributed by atoms with van der Waals surface area (Å²) in [7, 11) is 0. The first-order valence-electron chi connectivity index (χ1n) is 12.6. The number of carbonyl (C=O) groups is 1. The minimum Gasteiger partial charge on any atom is -0.377 e. The number of aryl methyl sites for hydroxylation is 1. The van der Waals surface area contributed by atoms with Gasteiger partial charge in [0.2, 0.25) is 0 Å². The number of hydrogen-bond acceptors (Lipinski definition) is 6. The maximum atomic E-state index is 13.4. The van der Waals surface area contributed by atoms with Crippen molar-refractivity contribution in [1.29, 1.82) is 5.26 Å². The molecule has 5 rings (SSSR count). The first-order chi connectivity index (χ1) is 17.4. The smallest absolute Gasteiger partial charge is 0.261 e. The van der Waals surface area contributed by atoms with Gasteiger partial charge in [-0.05, 0) is 61.4 Å². The number of nitrogens with one attached hydrogen (secondary N) is 2. The molecule has 2 aromatic heterocycles. The van der Waals surface area contributed by atoms with E-state index in [0.29, 0.717) is 60.3 Å². The molecule has 0 unspecified atom stereocenters. The van der Waals surface area contributed by atoms with Gasteiger partial charge in [0, 0.05) is 24.0 Å². The summed E-state index contributed by atoms with van der Waals surface area (Å²) in [5, 5.41) is 17.9. The zero-order valence-electron chi connectivity index (χ0n) is 21.0. The third-order valence-corrected chi connectivity index (χ3v) is 7.33. The first-order valence-corrected chi connectivity index (χ1v) is 12.6. The van der Waals surface area contributed by atoms with Crippen molar-refractivity contribution in [3.63, 3.8) is 0 Å². The zero-order chi connectivity index (χ0) is 25.4. The summed E-state index contributed by atoms with van der Waals surface area (Å²) in [5.74, 6) is 1.16. The fourth-order valence-electron chi connectivity index (χ4n) is 5.17. The lowest BCUT2D eigenvalue weighted by atomic mass is 9.99. The Hall–Kier alpha value is -3.64. The molecule has 1 aliphatic heterocycles. The van der Waals surface area contributed by atoms with E-state index in [1.807, 2.05) is 40.8 Å². The number of amides is 1. The second-order valence-electron chi connectivity index (χ2n) is 10.2. The lowest BCUT2D eigenvalue weighted by Crippen LogP contribution is -2.51. The average Bonchev–Trinajstić information content (AvgIpc) is 3.64. The molecule has 1 saturated carbocycles. The Kier molecular flexibility index (Phi) is 6.54. The van der Waals surface area contributed by atoms with Crippen LogP contribution in [0.3, 0.4) is 0 Å². The fraction of sp³-hybridized carbons (Fsp3) is 0.481. The highest BCUT2D eigenvalue weighted by molar-refractivity contribution is 5.97. The van der Waals surface area contributed by atoms with Gasteiger partial charge in [-0.2, -0.15) is 10.4 Å². The number of pyridine rings is 1. The van der Waals surface area contributed by atoms with Gasteiger partial charge in [0.25, 0.3) is 11.5 Å². The van der Waals surface area contributed by atoms with E-state index in [0.717, 1.165) is 24.1 Å². The Morgan fingerprint density at radius 2 is 2.14 bits per heavy atom. The Morgan fingerprint density at radius 1 is 1.33 bits per heavy atom. The SMILES string of the molecule is Cc1cc(Nc2nn([C@@H](CC#N)C3CC3)c3cc[nH]c(=O)c23)ccc1C(=O)N1CCOC[C@H]1C(C)C. The van der Waals surface area contributed by atoms with Crippen molar-refractivity contribution < 1.29 is 9.53 Å². The van der Waals surface area contributed by atoms with Crippen LogP contribution in [0.4, 0.5) is 11.5 Å². The number of aromatic amines is 1. The monoisotopic (exact) mass is 488 g/mol. The molecule has 1 aromatic carbocycles. The van der Waals surface area contributed by atoms with Crippen molar-refractivity contribution >= 4 is 28.3 Å². The van der Waals surface area contributed by atoms with E-state index in [4.69, 9.17) is 9.84 Å². The number of carbonyl (C=O) groups excluding carboxylic acids is 1. The summed E-state index contributed by atoms with van der Waals surface area (Å²) >= 11 is 0. The number of hydrogen-bond donors (Lipinski definition) is 2. The fourth-order valence-corrected chi connectivity index (χ4v) is 5.17. The highest BCUT2D eigenvalue weighted by Gasteiger charge is 2.35. The van der Waals surface area contributed by atoms with Crippen molar-refractivity contribution in [1.82, 2.24) is 19.7 Å². The maximum absolute atomic E-state index is 13.4. The Bertz CT molecular complexity index is 1380. The van der Waals surface area contributed by atoms with Gasteiger partial charge in [0.15, 0.2) is 5.82 Å². The van der Waals surface area contributed by atoms with Crippen molar-refractivity contribution in [3.05, 3.63) is 51.9 Å². The summed E-state index contributed by atoms with van der Waals surface area (Å²) in [5.41, 5.74) is 2.72. The molecular weight excluding hydrogens is 456 g/mol. The third kappa shape index (κ3) is 4.49. The molecule has 9 heteroatoms. The van der Waals surface area contributed by atoms with Crippen molar-refractivity contribution in [3.8, 4) is 6.07 Å². The summed E-state index contributed by atoms with van der Waals surface area (Å²) in [6.07, 6.45) is 4.09. The van der Waals surface area contributed by atoms with Crippen LogP contribution in [0.15, 0.2) is 35.3 Å². The molecule has 2 N–H and O–H groups in total. The summed E-state index contributed by atoms with van der Waals surface area (Å²) in [4.78, 5) is 30.8. The summed E-state index contributed by atoms with van der Waals surface area (Å²) in [6.45, 7) is 7.82. The number of anilines is 2. The van der Waals surface area contributed by atoms with Crippen LogP contribution in [0, 0.1) is 30.1 Å². The minimum absolute atomic E-state index is 0.0102. The highest BCUT2D eigenvalue weighted by Crippen LogP contribution is 2.43. The van der Waals surface area contributed by atoms with Crippen molar-refractivity contribution in [2.24, 2.45) is 11.8 Å². The van der Waals surface area contributed by atoms with Crippen LogP contribution in [0.1, 0.15) is 55.1 Å². The van der Waals surface area contributed by atoms with Crippen molar-refractivity contribution in [2.45, 2.75) is 52.1 Å². The number of nitrogens with zero attached hydrogens (tertiary/aromatic N) is 4. The van der Waals surface area contributed by atoms with Crippen LogP contribution >= 0.6 is 0 Å². The summed E-state index contributed by atoms with van der Waals surface area (Å²) < 4.78 is 7.45. The van der Waals surface area contributed by atoms with Gasteiger partial charge >= 0.3 is 0 Å². The third-order valence-electron chi connectivity index (χ3n) is 7.33. The van der Waals surface area contributed by atoms with Crippen LogP contribution < -0.4 is 10.9 Å². The molecule has 3 heterocycles. The molecule has 2 atom stereocenters. The van der Waals surface area contributed by atoms with Crippen LogP contribution in [0.5, 0.6) is 0 Å². The molecule has 3 aromatic rings. The normalized spacial score (nSPS) is 18.9. The Labute approximate surface area is 210 Å². The van der Waals surface area contributed by atoms with Crippen LogP contribution in [0.2, 0.25) is 0 Å². The van der Waals surface area contributed by atoms with Crippen LogP contribution in [-0.4, -0.2) is 51.4 Å². The number of nitriles is 1. The molecular formula is C27H32N6O3. The molecule has 1 amide bonds. The molecule has 36 heavy (non-hydrogen) atoms. The van der Waals surface area contributed by atoms with E-state index in [-0.39, 0.29) is 23.6 Å². The van der Waals surface area contributed by atoms with Crippen LogP contribution in [0.25, 0.3) is 10.9 Å². The lowest BCUT2D eigenvalue weighted by Gasteiger charge is -2.38. The molecule has 1 saturated heterocycles. The van der Waals surface area contributed by atoms with Crippen molar-refractivity contribution in [2.75, 3.05) is 25.1 Å². The Morgan fingerprint density at radius 3 is 2.83 bits per heavy atom. The quantitative estimate of drug-likeness (QED) is 0.516. The van der Waals surface area contributed by atoms with Gasteiger partial charge in [-0.3, -0.25) is 14.3 Å². The average molecular weight is 489 g/mol. The van der Waals surface area contributed by atoms with E-state index in [1.54, 1.807) is 6.20 Å². The van der Waals surface area contributed by atoms with Gasteiger partial charge in [-0.25, -0.2) is 0 Å². The number of H-pyrrole nitrogens is 1. The molecule has 2 fully saturated rings. The molecule has 9 nitrogen and oxygen atoms in total. The topological polar surface area (TPSA) is 116 Å². The van der Waals surface area contributed by atoms with Gasteiger partial charge in [0.05, 0.1) is 43.3 Å². The number of aromatic nitrogens is 3. The molecule has 1 aliphatic carbocycles. The van der Waals surface area contributed by atoms with Gasteiger partial charge < -0.3 is 19.9 Å². The number of fused-ring (bicyclic) bond motifs is 1. The van der Waals surface area contributed by atoms with E-state index in [2.05, 4.69) is 30.2 Å². The van der Waals surface area contributed by atoms with Crippen LogP contribution in [-0.2, 0) is 4.74 Å². The number of ether oxygens (including phenoxy) is 1. The van der Waals surface area contributed by atoms with E-state index < -0.39 is 0 Å². The summed E-state index contributed by atoms with van der Waals surface area (Å²) in [6, 6.07) is 9.70. The zero-order valence-corrected chi connectivity index (χ0v) is 21.0.